The van der Waals surface area contributed by atoms with E-state index in [4.69, 9.17) is 4.74 Å². The van der Waals surface area contributed by atoms with Gasteiger partial charge in [0.1, 0.15) is 0 Å². The third-order valence-corrected chi connectivity index (χ3v) is 4.22. The van der Waals surface area contributed by atoms with Crippen molar-refractivity contribution in [2.75, 3.05) is 19.7 Å². The van der Waals surface area contributed by atoms with Gasteiger partial charge in [-0.15, -0.1) is 0 Å². The van der Waals surface area contributed by atoms with Crippen molar-refractivity contribution in [3.63, 3.8) is 0 Å². The smallest absolute Gasteiger partial charge is 0.0699 e. The highest BCUT2D eigenvalue weighted by Crippen LogP contribution is 2.24. The highest BCUT2D eigenvalue weighted by Gasteiger charge is 2.20. The standard InChI is InChI=1S/C16H24N2O/c1-2-7-15-13(5-1)11-17-9-8-16(15)18-12-14-6-3-4-10-19-14/h1-2,5,7,14,16-18H,3-4,6,8-12H2. The molecule has 19 heavy (non-hydrogen) atoms. The van der Waals surface area contributed by atoms with Crippen LogP contribution in [-0.4, -0.2) is 25.8 Å². The van der Waals surface area contributed by atoms with Gasteiger partial charge in [-0.3, -0.25) is 0 Å². The zero-order valence-electron chi connectivity index (χ0n) is 11.5. The van der Waals surface area contributed by atoms with Crippen molar-refractivity contribution in [2.24, 2.45) is 0 Å². The summed E-state index contributed by atoms with van der Waals surface area (Å²) in [5, 5.41) is 7.22. The van der Waals surface area contributed by atoms with Crippen LogP contribution >= 0.6 is 0 Å². The van der Waals surface area contributed by atoms with Crippen molar-refractivity contribution in [3.05, 3.63) is 35.4 Å². The molecule has 2 aliphatic rings. The van der Waals surface area contributed by atoms with Crippen molar-refractivity contribution in [2.45, 2.75) is 44.4 Å². The summed E-state index contributed by atoms with van der Waals surface area (Å²) < 4.78 is 5.81. The summed E-state index contributed by atoms with van der Waals surface area (Å²) in [5.41, 5.74) is 2.89. The Balaban J connectivity index is 1.63. The van der Waals surface area contributed by atoms with Gasteiger partial charge in [0.2, 0.25) is 0 Å². The molecule has 2 heterocycles. The van der Waals surface area contributed by atoms with Gasteiger partial charge >= 0.3 is 0 Å². The van der Waals surface area contributed by atoms with E-state index in [1.807, 2.05) is 0 Å². The van der Waals surface area contributed by atoms with Gasteiger partial charge in [0, 0.05) is 25.7 Å². The normalized spacial score (nSPS) is 27.6. The Morgan fingerprint density at radius 2 is 2.16 bits per heavy atom. The lowest BCUT2D eigenvalue weighted by Gasteiger charge is -2.26. The molecule has 2 aliphatic heterocycles. The SMILES string of the molecule is c1ccc2c(c1)CNCCC2NCC1CCCCO1. The van der Waals surface area contributed by atoms with Crippen LogP contribution in [0.25, 0.3) is 0 Å². The average molecular weight is 260 g/mol. The molecule has 2 N–H and O–H groups in total. The molecule has 3 rings (SSSR count). The van der Waals surface area contributed by atoms with Crippen LogP contribution in [0.1, 0.15) is 42.9 Å². The van der Waals surface area contributed by atoms with Crippen LogP contribution in [0.3, 0.4) is 0 Å². The Labute approximate surface area is 115 Å². The predicted molar refractivity (Wildman–Crippen MR) is 77.1 cm³/mol. The lowest BCUT2D eigenvalue weighted by atomic mass is 9.99. The third kappa shape index (κ3) is 3.35. The Hall–Kier alpha value is -0.900. The first-order chi connectivity index (χ1) is 9.43. The van der Waals surface area contributed by atoms with Crippen molar-refractivity contribution >= 4 is 0 Å². The molecule has 0 aliphatic carbocycles. The predicted octanol–water partition coefficient (Wildman–Crippen LogP) is 2.38. The molecule has 0 aromatic heterocycles. The molecule has 1 aromatic carbocycles. The molecule has 1 aromatic rings. The van der Waals surface area contributed by atoms with Crippen LogP contribution in [0.4, 0.5) is 0 Å². The Morgan fingerprint density at radius 1 is 1.21 bits per heavy atom. The van der Waals surface area contributed by atoms with Gasteiger partial charge < -0.3 is 15.4 Å². The summed E-state index contributed by atoms with van der Waals surface area (Å²) in [7, 11) is 0. The summed E-state index contributed by atoms with van der Waals surface area (Å²) in [6.45, 7) is 4.00. The molecule has 0 radical (unpaired) electrons. The van der Waals surface area contributed by atoms with Gasteiger partial charge in [0.15, 0.2) is 0 Å². The van der Waals surface area contributed by atoms with Crippen LogP contribution < -0.4 is 10.6 Å². The van der Waals surface area contributed by atoms with Gasteiger partial charge in [0.05, 0.1) is 6.10 Å². The van der Waals surface area contributed by atoms with E-state index in [0.717, 1.165) is 32.7 Å². The fourth-order valence-electron chi connectivity index (χ4n) is 3.11. The first-order valence-electron chi connectivity index (χ1n) is 7.57. The van der Waals surface area contributed by atoms with E-state index in [2.05, 4.69) is 34.9 Å². The molecule has 3 nitrogen and oxygen atoms in total. The van der Waals surface area contributed by atoms with E-state index < -0.39 is 0 Å². The van der Waals surface area contributed by atoms with Gasteiger partial charge in [-0.1, -0.05) is 24.3 Å². The number of ether oxygens (including phenoxy) is 1. The Bertz CT molecular complexity index is 401. The second-order valence-corrected chi connectivity index (χ2v) is 5.61. The van der Waals surface area contributed by atoms with Crippen LogP contribution in [0.15, 0.2) is 24.3 Å². The zero-order valence-corrected chi connectivity index (χ0v) is 11.5. The largest absolute Gasteiger partial charge is 0.377 e. The van der Waals surface area contributed by atoms with Gasteiger partial charge in [-0.05, 0) is 43.4 Å². The topological polar surface area (TPSA) is 33.3 Å². The van der Waals surface area contributed by atoms with Crippen LogP contribution in [0, 0.1) is 0 Å². The molecular formula is C16H24N2O. The highest BCUT2D eigenvalue weighted by molar-refractivity contribution is 5.31. The quantitative estimate of drug-likeness (QED) is 0.875. The summed E-state index contributed by atoms with van der Waals surface area (Å²) in [4.78, 5) is 0. The maximum atomic E-state index is 5.81. The maximum Gasteiger partial charge on any atom is 0.0699 e. The van der Waals surface area contributed by atoms with Gasteiger partial charge in [-0.25, -0.2) is 0 Å². The summed E-state index contributed by atoms with van der Waals surface area (Å²) in [6, 6.07) is 9.25. The summed E-state index contributed by atoms with van der Waals surface area (Å²) in [5.74, 6) is 0. The lowest BCUT2D eigenvalue weighted by molar-refractivity contribution is 0.0152. The number of hydrogen-bond acceptors (Lipinski definition) is 3. The fraction of sp³-hybridized carbons (Fsp3) is 0.625. The Morgan fingerprint density at radius 3 is 3.05 bits per heavy atom. The minimum atomic E-state index is 0.414. The van der Waals surface area contributed by atoms with E-state index in [9.17, 15) is 0 Å². The number of benzene rings is 1. The Kier molecular flexibility index (Phi) is 4.49. The van der Waals surface area contributed by atoms with Crippen LogP contribution in [0.5, 0.6) is 0 Å². The van der Waals surface area contributed by atoms with Gasteiger partial charge in [-0.2, -0.15) is 0 Å². The van der Waals surface area contributed by atoms with Crippen molar-refractivity contribution < 1.29 is 4.74 Å². The van der Waals surface area contributed by atoms with E-state index in [0.29, 0.717) is 12.1 Å². The van der Waals surface area contributed by atoms with E-state index in [1.165, 1.54) is 30.4 Å². The second-order valence-electron chi connectivity index (χ2n) is 5.61. The first kappa shape index (κ1) is 13.1. The van der Waals surface area contributed by atoms with Crippen LogP contribution in [-0.2, 0) is 11.3 Å². The maximum absolute atomic E-state index is 5.81. The third-order valence-electron chi connectivity index (χ3n) is 4.22. The molecule has 0 bridgehead atoms. The fourth-order valence-corrected chi connectivity index (χ4v) is 3.11. The molecule has 104 valence electrons. The van der Waals surface area contributed by atoms with Crippen molar-refractivity contribution in [1.29, 1.82) is 0 Å². The molecule has 1 fully saturated rings. The van der Waals surface area contributed by atoms with E-state index in [1.54, 1.807) is 0 Å². The molecular weight excluding hydrogens is 236 g/mol. The molecule has 2 atom stereocenters. The summed E-state index contributed by atoms with van der Waals surface area (Å²) >= 11 is 0. The minimum Gasteiger partial charge on any atom is -0.377 e. The molecule has 0 saturated carbocycles. The summed E-state index contributed by atoms with van der Waals surface area (Å²) in [6.07, 6.45) is 5.32. The highest BCUT2D eigenvalue weighted by atomic mass is 16.5. The average Bonchev–Trinajstić information content (AvgIpc) is 2.68. The molecule has 0 amide bonds. The zero-order chi connectivity index (χ0) is 12.9. The van der Waals surface area contributed by atoms with Crippen molar-refractivity contribution in [1.82, 2.24) is 10.6 Å². The number of nitrogens with one attached hydrogen (secondary N) is 2. The monoisotopic (exact) mass is 260 g/mol. The van der Waals surface area contributed by atoms with E-state index >= 15 is 0 Å². The number of fused-ring (bicyclic) bond motifs is 1. The lowest BCUT2D eigenvalue weighted by Crippen LogP contribution is -2.34. The molecule has 3 heteroatoms. The van der Waals surface area contributed by atoms with Crippen LogP contribution in [0.2, 0.25) is 0 Å². The molecule has 2 unspecified atom stereocenters. The van der Waals surface area contributed by atoms with Crippen molar-refractivity contribution in [3.8, 4) is 0 Å². The number of hydrogen-bond donors (Lipinski definition) is 2. The number of rotatable bonds is 3. The molecule has 1 saturated heterocycles. The minimum absolute atomic E-state index is 0.414. The van der Waals surface area contributed by atoms with E-state index in [-0.39, 0.29) is 0 Å². The van der Waals surface area contributed by atoms with Gasteiger partial charge in [0.25, 0.3) is 0 Å². The molecule has 0 spiro atoms. The second kappa shape index (κ2) is 6.51. The first-order valence-corrected chi connectivity index (χ1v) is 7.57.